The molecule has 120 valence electrons. The van der Waals surface area contributed by atoms with Gasteiger partial charge in [0.1, 0.15) is 0 Å². The first-order chi connectivity index (χ1) is 9.70. The second-order valence-electron chi connectivity index (χ2n) is 5.59. The topological polar surface area (TPSA) is 89.8 Å². The number of hydrogen-bond donors (Lipinski definition) is 4. The molecule has 0 aromatic rings. The maximum atomic E-state index is 11.4. The Morgan fingerprint density at radius 3 is 2.43 bits per heavy atom. The van der Waals surface area contributed by atoms with Gasteiger partial charge in [-0.25, -0.2) is 0 Å². The van der Waals surface area contributed by atoms with E-state index in [0.717, 1.165) is 0 Å². The first-order valence-corrected chi connectivity index (χ1v) is 7.08. The third-order valence-electron chi connectivity index (χ3n) is 2.43. The monoisotopic (exact) mass is 297 g/mol. The first kappa shape index (κ1) is 19.6. The van der Waals surface area contributed by atoms with Crippen LogP contribution in [0, 0.1) is 0 Å². The fourth-order valence-corrected chi connectivity index (χ4v) is 1.33. The SMILES string of the molecule is C[C@@H](O)/C=C/C=C/[C@@H](O)CC/C=C/C(=O)NCC(C)(C)O. The Morgan fingerprint density at radius 1 is 1.24 bits per heavy atom. The van der Waals surface area contributed by atoms with Gasteiger partial charge in [-0.3, -0.25) is 4.79 Å². The van der Waals surface area contributed by atoms with Gasteiger partial charge in [0.05, 0.1) is 17.8 Å². The van der Waals surface area contributed by atoms with Crippen LogP contribution in [0.1, 0.15) is 33.6 Å². The molecule has 0 saturated carbocycles. The molecule has 0 rings (SSSR count). The molecule has 2 atom stereocenters. The maximum Gasteiger partial charge on any atom is 0.243 e. The fraction of sp³-hybridized carbons (Fsp3) is 0.562. The van der Waals surface area contributed by atoms with Crippen LogP contribution >= 0.6 is 0 Å². The number of aliphatic hydroxyl groups is 3. The summed E-state index contributed by atoms with van der Waals surface area (Å²) in [5.41, 5.74) is -0.927. The van der Waals surface area contributed by atoms with Gasteiger partial charge < -0.3 is 20.6 Å². The van der Waals surface area contributed by atoms with Crippen molar-refractivity contribution in [2.75, 3.05) is 6.54 Å². The van der Waals surface area contributed by atoms with Gasteiger partial charge in [0.25, 0.3) is 0 Å². The van der Waals surface area contributed by atoms with Gasteiger partial charge in [-0.15, -0.1) is 0 Å². The molecule has 0 aliphatic rings. The molecule has 0 fully saturated rings. The van der Waals surface area contributed by atoms with E-state index < -0.39 is 17.8 Å². The van der Waals surface area contributed by atoms with Crippen LogP contribution in [-0.4, -0.2) is 45.6 Å². The minimum Gasteiger partial charge on any atom is -0.389 e. The zero-order valence-corrected chi connectivity index (χ0v) is 13.0. The fourth-order valence-electron chi connectivity index (χ4n) is 1.33. The van der Waals surface area contributed by atoms with E-state index in [0.29, 0.717) is 12.8 Å². The maximum absolute atomic E-state index is 11.4. The van der Waals surface area contributed by atoms with Gasteiger partial charge in [0.15, 0.2) is 0 Å². The molecule has 4 N–H and O–H groups in total. The van der Waals surface area contributed by atoms with Gasteiger partial charge in [-0.2, -0.15) is 0 Å². The summed E-state index contributed by atoms with van der Waals surface area (Å²) in [6, 6.07) is 0. The van der Waals surface area contributed by atoms with Crippen LogP contribution in [-0.2, 0) is 4.79 Å². The number of carbonyl (C=O) groups is 1. The van der Waals surface area contributed by atoms with Crippen LogP contribution < -0.4 is 5.32 Å². The molecule has 0 radical (unpaired) electrons. The molecule has 0 spiro atoms. The zero-order valence-electron chi connectivity index (χ0n) is 13.0. The molecule has 0 saturated heterocycles. The molecule has 0 aromatic heterocycles. The summed E-state index contributed by atoms with van der Waals surface area (Å²) in [5.74, 6) is -0.262. The van der Waals surface area contributed by atoms with Crippen molar-refractivity contribution in [3.8, 4) is 0 Å². The molecule has 0 unspecified atom stereocenters. The van der Waals surface area contributed by atoms with E-state index in [1.54, 1.807) is 51.2 Å². The summed E-state index contributed by atoms with van der Waals surface area (Å²) in [6.45, 7) is 5.07. The number of nitrogens with one attached hydrogen (secondary N) is 1. The summed E-state index contributed by atoms with van der Waals surface area (Å²) in [7, 11) is 0. The highest BCUT2D eigenvalue weighted by Crippen LogP contribution is 2.01. The van der Waals surface area contributed by atoms with E-state index in [2.05, 4.69) is 5.32 Å². The molecule has 0 bridgehead atoms. The quantitative estimate of drug-likeness (QED) is 0.378. The van der Waals surface area contributed by atoms with Gasteiger partial charge in [-0.1, -0.05) is 30.4 Å². The van der Waals surface area contributed by atoms with Crippen molar-refractivity contribution in [2.24, 2.45) is 0 Å². The number of amides is 1. The second kappa shape index (κ2) is 10.3. The van der Waals surface area contributed by atoms with Crippen molar-refractivity contribution in [2.45, 2.75) is 51.4 Å². The third-order valence-corrected chi connectivity index (χ3v) is 2.43. The highest BCUT2D eigenvalue weighted by atomic mass is 16.3. The van der Waals surface area contributed by atoms with Crippen LogP contribution in [0.3, 0.4) is 0 Å². The molecule has 0 aliphatic heterocycles. The standard InChI is InChI=1S/C16H27NO4/c1-13(18)8-4-5-9-14(19)10-6-7-11-15(20)17-12-16(2,3)21/h4-5,7-9,11,13-14,18-19,21H,6,10,12H2,1-3H3,(H,17,20)/b8-4+,9-5+,11-7+/t13-,14-/m1/s1. The summed E-state index contributed by atoms with van der Waals surface area (Å²) < 4.78 is 0. The Bertz CT molecular complexity index is 378. The van der Waals surface area contributed by atoms with E-state index >= 15 is 0 Å². The summed E-state index contributed by atoms with van der Waals surface area (Å²) in [5, 5.41) is 30.7. The molecule has 1 amide bonds. The lowest BCUT2D eigenvalue weighted by molar-refractivity contribution is -0.117. The molecular weight excluding hydrogens is 270 g/mol. The van der Waals surface area contributed by atoms with Crippen molar-refractivity contribution >= 4 is 5.91 Å². The van der Waals surface area contributed by atoms with Crippen molar-refractivity contribution in [1.82, 2.24) is 5.32 Å². The highest BCUT2D eigenvalue weighted by molar-refractivity contribution is 5.87. The molecular formula is C16H27NO4. The molecule has 21 heavy (non-hydrogen) atoms. The predicted molar refractivity (Wildman–Crippen MR) is 83.6 cm³/mol. The number of allylic oxidation sites excluding steroid dienone is 3. The molecule has 0 aromatic carbocycles. The minimum absolute atomic E-state index is 0.192. The van der Waals surface area contributed by atoms with Gasteiger partial charge >= 0.3 is 0 Å². The lowest BCUT2D eigenvalue weighted by Gasteiger charge is -2.16. The smallest absolute Gasteiger partial charge is 0.243 e. The van der Waals surface area contributed by atoms with Crippen LogP contribution in [0.5, 0.6) is 0 Å². The van der Waals surface area contributed by atoms with E-state index in [1.165, 1.54) is 6.08 Å². The van der Waals surface area contributed by atoms with Gasteiger partial charge in [0, 0.05) is 6.54 Å². The number of hydrogen-bond acceptors (Lipinski definition) is 4. The summed E-state index contributed by atoms with van der Waals surface area (Å²) in [4.78, 5) is 11.4. The number of aliphatic hydroxyl groups excluding tert-OH is 2. The summed E-state index contributed by atoms with van der Waals surface area (Å²) >= 11 is 0. The van der Waals surface area contributed by atoms with Crippen LogP contribution in [0.15, 0.2) is 36.5 Å². The van der Waals surface area contributed by atoms with Crippen molar-refractivity contribution in [3.05, 3.63) is 36.5 Å². The Hall–Kier alpha value is -1.43. The lowest BCUT2D eigenvalue weighted by atomic mass is 10.1. The average Bonchev–Trinajstić information content (AvgIpc) is 2.36. The van der Waals surface area contributed by atoms with Crippen molar-refractivity contribution < 1.29 is 20.1 Å². The van der Waals surface area contributed by atoms with E-state index in [1.807, 2.05) is 0 Å². The Labute approximate surface area is 126 Å². The van der Waals surface area contributed by atoms with E-state index in [4.69, 9.17) is 5.11 Å². The summed E-state index contributed by atoms with van der Waals surface area (Å²) in [6.07, 6.45) is 9.65. The Morgan fingerprint density at radius 2 is 1.86 bits per heavy atom. The van der Waals surface area contributed by atoms with Crippen LogP contribution in [0.25, 0.3) is 0 Å². The highest BCUT2D eigenvalue weighted by Gasteiger charge is 2.12. The second-order valence-corrected chi connectivity index (χ2v) is 5.59. The van der Waals surface area contributed by atoms with Gasteiger partial charge in [-0.05, 0) is 39.7 Å². The van der Waals surface area contributed by atoms with E-state index in [9.17, 15) is 15.0 Å². The van der Waals surface area contributed by atoms with E-state index in [-0.39, 0.29) is 12.5 Å². The zero-order chi connectivity index (χ0) is 16.3. The Kier molecular flexibility index (Phi) is 9.62. The third kappa shape index (κ3) is 14.8. The molecule has 5 nitrogen and oxygen atoms in total. The van der Waals surface area contributed by atoms with Crippen LogP contribution in [0.4, 0.5) is 0 Å². The average molecular weight is 297 g/mol. The molecule has 0 aliphatic carbocycles. The van der Waals surface area contributed by atoms with Crippen LogP contribution in [0.2, 0.25) is 0 Å². The van der Waals surface area contributed by atoms with Crippen molar-refractivity contribution in [3.63, 3.8) is 0 Å². The largest absolute Gasteiger partial charge is 0.389 e. The Balaban J connectivity index is 3.87. The lowest BCUT2D eigenvalue weighted by Crippen LogP contribution is -2.37. The molecule has 5 heteroatoms. The number of carbonyl (C=O) groups excluding carboxylic acids is 1. The minimum atomic E-state index is -0.927. The van der Waals surface area contributed by atoms with Gasteiger partial charge in [0.2, 0.25) is 5.91 Å². The number of rotatable bonds is 9. The first-order valence-electron chi connectivity index (χ1n) is 7.08. The predicted octanol–water partition coefficient (Wildman–Crippen LogP) is 1.06. The molecule has 0 heterocycles. The normalized spacial score (nSPS) is 15.9. The van der Waals surface area contributed by atoms with Crippen molar-refractivity contribution in [1.29, 1.82) is 0 Å².